The quantitative estimate of drug-likeness (QED) is 0.103. The monoisotopic (exact) mass is 351 g/mol. The van der Waals surface area contributed by atoms with E-state index in [0.717, 1.165) is 0 Å². The largest absolute Gasteiger partial charge is 1.00 e. The van der Waals surface area contributed by atoms with Crippen molar-refractivity contribution in [3.05, 3.63) is 18.2 Å². The Morgan fingerprint density at radius 1 is 1.38 bits per heavy atom. The van der Waals surface area contributed by atoms with Gasteiger partial charge in [0, 0.05) is 19.2 Å². The molecule has 130 valence electrons. The molecule has 24 heavy (non-hydrogen) atoms. The smallest absolute Gasteiger partial charge is 1.00 e. The van der Waals surface area contributed by atoms with Crippen LogP contribution < -0.4 is 52.2 Å². The molecule has 9 N–H and O–H groups in total. The first kappa shape index (κ1) is 22.2. The van der Waals surface area contributed by atoms with Crippen LogP contribution in [0.4, 0.5) is 0 Å². The van der Waals surface area contributed by atoms with Crippen LogP contribution in [0, 0.1) is 0 Å². The van der Waals surface area contributed by atoms with Crippen LogP contribution in [0.2, 0.25) is 0 Å². The standard InChI is InChI=1S/C12H21N7O4.Na.H/c13-8(10(20)21)4-7-5-19(6-17-7)18-9(11(22)23)2-1-3-16-12(14)15;;/h5-6,8-9,18H,1-4,13H2,(H,20,21)(H,22,23)(H4,14,15,16);;/q;+1;-1/t8-,9-;;/m0../s1. The van der Waals surface area contributed by atoms with Crippen molar-refractivity contribution in [2.45, 2.75) is 31.3 Å². The molecule has 1 aromatic heterocycles. The molecule has 0 aliphatic heterocycles. The maximum atomic E-state index is 11.2. The first-order chi connectivity index (χ1) is 10.8. The van der Waals surface area contributed by atoms with Crippen LogP contribution in [0.25, 0.3) is 0 Å². The van der Waals surface area contributed by atoms with Crippen LogP contribution in [0.1, 0.15) is 20.0 Å². The SMILES string of the molecule is NC(N)=NCCC[C@H](Nn1cnc(C[C@H](N)C(=O)O)c1)C(=O)O.[H-].[Na+]. The van der Waals surface area contributed by atoms with Gasteiger partial charge in [-0.2, -0.15) is 0 Å². The van der Waals surface area contributed by atoms with Crippen molar-refractivity contribution in [2.75, 3.05) is 12.0 Å². The molecular formula is C12H22N7NaO4. The maximum Gasteiger partial charge on any atom is 1.00 e. The van der Waals surface area contributed by atoms with E-state index in [0.29, 0.717) is 25.1 Å². The average molecular weight is 351 g/mol. The van der Waals surface area contributed by atoms with Crippen molar-refractivity contribution in [2.24, 2.45) is 22.2 Å². The Bertz CT molecular complexity index is 580. The molecule has 1 heterocycles. The molecule has 0 fully saturated rings. The van der Waals surface area contributed by atoms with Gasteiger partial charge in [0.1, 0.15) is 18.4 Å². The summed E-state index contributed by atoms with van der Waals surface area (Å²) in [6.45, 7) is 0.330. The third kappa shape index (κ3) is 8.15. The second-order valence-corrected chi connectivity index (χ2v) is 4.89. The van der Waals surface area contributed by atoms with E-state index in [1.54, 1.807) is 0 Å². The number of nitrogens with zero attached hydrogens (tertiary/aromatic N) is 3. The molecule has 0 spiro atoms. The summed E-state index contributed by atoms with van der Waals surface area (Å²) < 4.78 is 1.36. The molecule has 11 nitrogen and oxygen atoms in total. The van der Waals surface area contributed by atoms with Gasteiger partial charge < -0.3 is 34.3 Å². The summed E-state index contributed by atoms with van der Waals surface area (Å²) in [5.74, 6) is -2.21. The Morgan fingerprint density at radius 3 is 2.58 bits per heavy atom. The number of carbonyl (C=O) groups is 2. The number of aliphatic carboxylic acids is 2. The topological polar surface area (TPSA) is 195 Å². The molecule has 0 saturated carbocycles. The molecule has 0 bridgehead atoms. The van der Waals surface area contributed by atoms with Crippen molar-refractivity contribution in [3.8, 4) is 0 Å². The van der Waals surface area contributed by atoms with Gasteiger partial charge in [-0.25, -0.2) is 9.78 Å². The number of nitrogens with two attached hydrogens (primary N) is 3. The first-order valence-electron chi connectivity index (χ1n) is 6.85. The summed E-state index contributed by atoms with van der Waals surface area (Å²) in [6, 6.07) is -1.92. The Kier molecular flexibility index (Phi) is 10.0. The van der Waals surface area contributed by atoms with Gasteiger partial charge >= 0.3 is 41.5 Å². The number of rotatable bonds is 10. The van der Waals surface area contributed by atoms with E-state index in [-0.39, 0.29) is 43.4 Å². The molecular weight excluding hydrogens is 329 g/mol. The normalized spacial score (nSPS) is 12.5. The Labute approximate surface area is 162 Å². The Hall–Kier alpha value is -1.82. The van der Waals surface area contributed by atoms with Crippen LogP contribution in [-0.2, 0) is 16.0 Å². The fourth-order valence-electron chi connectivity index (χ4n) is 1.78. The van der Waals surface area contributed by atoms with Gasteiger partial charge in [-0.1, -0.05) is 0 Å². The van der Waals surface area contributed by atoms with Gasteiger partial charge in [0.25, 0.3) is 0 Å². The molecule has 12 heteroatoms. The second kappa shape index (κ2) is 10.9. The fourth-order valence-corrected chi connectivity index (χ4v) is 1.78. The second-order valence-electron chi connectivity index (χ2n) is 4.89. The van der Waals surface area contributed by atoms with E-state index >= 15 is 0 Å². The van der Waals surface area contributed by atoms with Crippen molar-refractivity contribution in [3.63, 3.8) is 0 Å². The van der Waals surface area contributed by atoms with E-state index in [4.69, 9.17) is 22.3 Å². The number of imidazole rings is 1. The molecule has 0 aromatic carbocycles. The van der Waals surface area contributed by atoms with Crippen molar-refractivity contribution in [1.29, 1.82) is 0 Å². The molecule has 1 rings (SSSR count). The van der Waals surface area contributed by atoms with E-state index in [9.17, 15) is 14.7 Å². The van der Waals surface area contributed by atoms with Crippen LogP contribution in [0.5, 0.6) is 0 Å². The minimum atomic E-state index is -1.13. The summed E-state index contributed by atoms with van der Waals surface area (Å²) in [7, 11) is 0. The van der Waals surface area contributed by atoms with Gasteiger partial charge in [0.2, 0.25) is 0 Å². The van der Waals surface area contributed by atoms with Crippen molar-refractivity contribution < 1.29 is 50.8 Å². The van der Waals surface area contributed by atoms with Crippen LogP contribution in [0.3, 0.4) is 0 Å². The maximum absolute atomic E-state index is 11.2. The van der Waals surface area contributed by atoms with E-state index in [2.05, 4.69) is 15.4 Å². The van der Waals surface area contributed by atoms with Crippen molar-refractivity contribution >= 4 is 17.9 Å². The first-order valence-corrected chi connectivity index (χ1v) is 6.85. The van der Waals surface area contributed by atoms with Crippen LogP contribution in [-0.4, -0.2) is 56.4 Å². The molecule has 1 aromatic rings. The number of aromatic nitrogens is 2. The van der Waals surface area contributed by atoms with E-state index in [1.807, 2.05) is 0 Å². The number of carboxylic acids is 2. The van der Waals surface area contributed by atoms with Crippen LogP contribution >= 0.6 is 0 Å². The molecule has 0 unspecified atom stereocenters. The van der Waals surface area contributed by atoms with E-state index < -0.39 is 24.0 Å². The molecule has 0 radical (unpaired) electrons. The molecule has 0 aliphatic rings. The minimum absolute atomic E-state index is 0. The Balaban J connectivity index is 0. The average Bonchev–Trinajstić information content (AvgIpc) is 2.88. The minimum Gasteiger partial charge on any atom is -1.00 e. The summed E-state index contributed by atoms with van der Waals surface area (Å²) >= 11 is 0. The number of nitrogens with one attached hydrogen (secondary N) is 1. The third-order valence-electron chi connectivity index (χ3n) is 2.93. The molecule has 0 aliphatic carbocycles. The number of hydrogen-bond acceptors (Lipinski definition) is 6. The number of guanidine groups is 1. The summed E-state index contributed by atoms with van der Waals surface area (Å²) in [4.78, 5) is 29.7. The predicted molar refractivity (Wildman–Crippen MR) is 83.3 cm³/mol. The van der Waals surface area contributed by atoms with Gasteiger partial charge in [-0.05, 0) is 12.8 Å². The van der Waals surface area contributed by atoms with E-state index in [1.165, 1.54) is 17.2 Å². The van der Waals surface area contributed by atoms with Gasteiger partial charge in [-0.15, -0.1) is 0 Å². The van der Waals surface area contributed by atoms with Gasteiger partial charge in [0.15, 0.2) is 5.96 Å². The zero-order valence-electron chi connectivity index (χ0n) is 14.4. The zero-order valence-corrected chi connectivity index (χ0v) is 15.4. The fraction of sp³-hybridized carbons (Fsp3) is 0.500. The van der Waals surface area contributed by atoms with Crippen molar-refractivity contribution in [1.82, 2.24) is 9.66 Å². The Morgan fingerprint density at radius 2 is 2.04 bits per heavy atom. The molecule has 0 saturated heterocycles. The number of aliphatic imine (C=N–C) groups is 1. The number of hydrogen-bond donors (Lipinski definition) is 6. The summed E-state index contributed by atoms with van der Waals surface area (Å²) in [5, 5.41) is 17.9. The molecule has 2 atom stereocenters. The van der Waals surface area contributed by atoms with Gasteiger partial charge in [-0.3, -0.25) is 14.5 Å². The third-order valence-corrected chi connectivity index (χ3v) is 2.93. The predicted octanol–water partition coefficient (Wildman–Crippen LogP) is -5.00. The zero-order chi connectivity index (χ0) is 17.4. The number of carboxylic acid groups (broad SMARTS) is 2. The van der Waals surface area contributed by atoms with Crippen LogP contribution in [0.15, 0.2) is 17.5 Å². The summed E-state index contributed by atoms with van der Waals surface area (Å²) in [5.41, 5.74) is 19.0. The molecule has 0 amide bonds. The summed E-state index contributed by atoms with van der Waals surface area (Å²) in [6.07, 6.45) is 3.68. The van der Waals surface area contributed by atoms with Gasteiger partial charge in [0.05, 0.1) is 5.69 Å².